The molecule has 0 saturated carbocycles. The third-order valence-corrected chi connectivity index (χ3v) is 15.8. The predicted octanol–water partition coefficient (Wildman–Crippen LogP) is 6.22. The Hall–Kier alpha value is -6.40. The van der Waals surface area contributed by atoms with Crippen molar-refractivity contribution in [2.75, 3.05) is 26.9 Å². The van der Waals surface area contributed by atoms with Gasteiger partial charge in [-0.05, 0) is 66.3 Å². The lowest BCUT2D eigenvalue weighted by atomic mass is 9.92. The highest BCUT2D eigenvalue weighted by Crippen LogP contribution is 2.33. The fraction of sp³-hybridized carbons (Fsp3) is 0.368. The van der Waals surface area contributed by atoms with Gasteiger partial charge in [-0.15, -0.1) is 22.7 Å². The predicted molar refractivity (Wildman–Crippen MR) is 296 cm³/mol. The molecule has 0 bridgehead atoms. The molecule has 0 spiro atoms. The molecule has 77 heavy (non-hydrogen) atoms. The lowest BCUT2D eigenvalue weighted by molar-refractivity contribution is -0.237. The Bertz CT molecular complexity index is 3230. The number of nitrogens with zero attached hydrogens (tertiary/aromatic N) is 4. The number of methoxy groups -OCH3 is 1. The number of nitrogens with two attached hydrogens (primary N) is 2. The molecule has 4 aromatic carbocycles. The average molecular weight is 1090 g/mol. The van der Waals surface area contributed by atoms with Crippen LogP contribution in [-0.2, 0) is 29.0 Å². The Morgan fingerprint density at radius 1 is 0.753 bits per heavy atom. The second-order valence-corrected chi connectivity index (χ2v) is 21.2. The molecular formula is C57H66N6O12S2. The second-order valence-electron chi connectivity index (χ2n) is 19.2. The quantitative estimate of drug-likeness (QED) is 0.0620. The van der Waals surface area contributed by atoms with Crippen molar-refractivity contribution in [2.45, 2.75) is 95.5 Å². The van der Waals surface area contributed by atoms with Gasteiger partial charge in [0.1, 0.15) is 15.8 Å². The molecule has 4 aromatic heterocycles. The number of amides is 2. The summed E-state index contributed by atoms with van der Waals surface area (Å²) < 4.78 is 20.7. The minimum absolute atomic E-state index is 0.0715. The maximum atomic E-state index is 12.0. The van der Waals surface area contributed by atoms with E-state index in [1.54, 1.807) is 36.0 Å². The molecule has 2 amide bonds. The van der Waals surface area contributed by atoms with Gasteiger partial charge in [0.25, 0.3) is 11.8 Å². The zero-order valence-electron chi connectivity index (χ0n) is 42.8. The van der Waals surface area contributed by atoms with E-state index in [1.165, 1.54) is 16.7 Å². The summed E-state index contributed by atoms with van der Waals surface area (Å²) in [6.45, 7) is 2.57. The molecule has 2 fully saturated rings. The maximum Gasteiger partial charge on any atom is 0.250 e. The molecule has 8 atom stereocenters. The van der Waals surface area contributed by atoms with Crippen LogP contribution in [0, 0.1) is 11.8 Å². The second kappa shape index (κ2) is 26.3. The van der Waals surface area contributed by atoms with E-state index >= 15 is 0 Å². The molecule has 8 unspecified atom stereocenters. The largest absolute Gasteiger partial charge is 0.497 e. The average Bonchev–Trinajstić information content (AvgIpc) is 4.29. The van der Waals surface area contributed by atoms with Gasteiger partial charge in [-0.2, -0.15) is 0 Å². The number of aromatic nitrogens is 4. The van der Waals surface area contributed by atoms with Crippen molar-refractivity contribution in [1.82, 2.24) is 19.1 Å². The van der Waals surface area contributed by atoms with Crippen molar-refractivity contribution in [2.24, 2.45) is 23.3 Å². The van der Waals surface area contributed by atoms with Crippen LogP contribution >= 0.6 is 22.7 Å². The number of aliphatic hydroxyl groups excluding tert-OH is 7. The highest BCUT2D eigenvalue weighted by molar-refractivity contribution is 7.18. The van der Waals surface area contributed by atoms with Crippen molar-refractivity contribution in [3.8, 4) is 16.3 Å². The van der Waals surface area contributed by atoms with Gasteiger partial charge in [-0.25, -0.2) is 9.97 Å². The zero-order valence-corrected chi connectivity index (χ0v) is 44.4. The monoisotopic (exact) mass is 1090 g/mol. The number of para-hydroxylation sites is 1. The topological polar surface area (TPSA) is 291 Å². The van der Waals surface area contributed by atoms with E-state index in [-0.39, 0.29) is 32.3 Å². The Morgan fingerprint density at radius 2 is 1.38 bits per heavy atom. The van der Waals surface area contributed by atoms with Crippen LogP contribution in [0.5, 0.6) is 5.75 Å². The molecule has 11 rings (SSSR count). The number of carbonyl (C=O) groups is 2. The molecule has 1 aliphatic carbocycles. The van der Waals surface area contributed by atoms with Crippen molar-refractivity contribution < 1.29 is 59.5 Å². The molecule has 3 aliphatic rings. The highest BCUT2D eigenvalue weighted by atomic mass is 32.1. The lowest BCUT2D eigenvalue weighted by Crippen LogP contribution is -2.46. The molecule has 408 valence electrons. The van der Waals surface area contributed by atoms with Gasteiger partial charge >= 0.3 is 0 Å². The number of benzene rings is 4. The SMILES string of the molecule is CCCC1CC(O)C(CO)C(O)O1.COc1ccc2c(C(N)=O)cn(Cc3nc4ccccc4s3)c2c1.NC(=O)c1cn(CC2=Cc3ccccc3CC2)c2cc(-c3nccs3)ccc12.OCC1CC(O)C(CO)C(O)O1. The van der Waals surface area contributed by atoms with Crippen LogP contribution in [-0.4, -0.2) is 131 Å². The van der Waals surface area contributed by atoms with Gasteiger partial charge in [0.05, 0.1) is 96.6 Å². The highest BCUT2D eigenvalue weighted by Gasteiger charge is 2.37. The van der Waals surface area contributed by atoms with Crippen LogP contribution in [0.3, 0.4) is 0 Å². The molecule has 6 heterocycles. The minimum Gasteiger partial charge on any atom is -0.497 e. The summed E-state index contributed by atoms with van der Waals surface area (Å²) >= 11 is 3.26. The van der Waals surface area contributed by atoms with Crippen LogP contribution in [0.1, 0.15) is 75.9 Å². The molecule has 20 heteroatoms. The normalized spacial score (nSPS) is 21.9. The number of thiazole rings is 2. The number of hydrogen-bond donors (Lipinski definition) is 9. The van der Waals surface area contributed by atoms with E-state index in [1.807, 2.05) is 77.8 Å². The van der Waals surface area contributed by atoms with Crippen molar-refractivity contribution in [3.05, 3.63) is 142 Å². The van der Waals surface area contributed by atoms with E-state index in [0.29, 0.717) is 24.1 Å². The van der Waals surface area contributed by atoms with Gasteiger partial charge in [0, 0.05) is 71.3 Å². The zero-order chi connectivity index (χ0) is 54.8. The summed E-state index contributed by atoms with van der Waals surface area (Å²) in [6.07, 6.45) is 8.14. The molecule has 18 nitrogen and oxygen atoms in total. The van der Waals surface area contributed by atoms with Crippen LogP contribution in [0.4, 0.5) is 0 Å². The number of hydrogen-bond acceptors (Lipinski definition) is 16. The van der Waals surface area contributed by atoms with Gasteiger partial charge in [-0.1, -0.05) is 68.0 Å². The van der Waals surface area contributed by atoms with Crippen molar-refractivity contribution in [1.29, 1.82) is 0 Å². The smallest absolute Gasteiger partial charge is 0.250 e. The first-order valence-electron chi connectivity index (χ1n) is 25.5. The van der Waals surface area contributed by atoms with E-state index in [2.05, 4.69) is 57.0 Å². The summed E-state index contributed by atoms with van der Waals surface area (Å²) in [7, 11) is 1.62. The van der Waals surface area contributed by atoms with E-state index in [9.17, 15) is 30.0 Å². The third-order valence-electron chi connectivity index (χ3n) is 14.0. The summed E-state index contributed by atoms with van der Waals surface area (Å²) in [5.74, 6) is -1.30. The first-order valence-corrected chi connectivity index (χ1v) is 27.2. The minimum atomic E-state index is -1.18. The van der Waals surface area contributed by atoms with Crippen LogP contribution in [0.25, 0.3) is 48.7 Å². The van der Waals surface area contributed by atoms with Gasteiger partial charge in [-0.3, -0.25) is 9.59 Å². The van der Waals surface area contributed by atoms with E-state index < -0.39 is 54.5 Å². The van der Waals surface area contributed by atoms with Crippen molar-refractivity contribution >= 4 is 72.6 Å². The Morgan fingerprint density at radius 3 is 1.99 bits per heavy atom. The Kier molecular flexibility index (Phi) is 19.4. The fourth-order valence-electron chi connectivity index (χ4n) is 9.84. The van der Waals surface area contributed by atoms with Crippen LogP contribution < -0.4 is 16.2 Å². The molecule has 11 N–H and O–H groups in total. The Labute approximate surface area is 453 Å². The van der Waals surface area contributed by atoms with Gasteiger partial charge < -0.3 is 70.6 Å². The number of ether oxygens (including phenoxy) is 3. The number of aryl methyl sites for hydroxylation is 1. The summed E-state index contributed by atoms with van der Waals surface area (Å²) in [5.41, 5.74) is 20.2. The summed E-state index contributed by atoms with van der Waals surface area (Å²) in [6, 6.07) is 28.3. The molecule has 0 radical (unpaired) electrons. The standard InChI is InChI=1S/C23H19N3OS.C18H15N3O2S.C9H18O4.C7H14O5/c24-22(27)20-14-26(13-15-5-6-16-3-1-2-4-17(16)11-15)21-12-18(7-8-19(20)21)23-25-9-10-28-23;1-23-11-6-7-12-13(18(19)22)9-21(15(12)8-11)10-17-20-14-4-2-3-5-16(14)24-17;1-2-3-6-4-8(11)7(5-10)9(12)13-6;8-2-4-1-6(10)5(3-9)7(11)12-4/h1-4,7-12,14H,5-6,13H2,(H2,24,27);2-9H,10H2,1H3,(H2,19,22);6-12H,2-5H2,1H3;4-11H,1-3H2. The lowest BCUT2D eigenvalue weighted by Gasteiger charge is -2.36. The Balaban J connectivity index is 0.000000145. The number of rotatable bonds is 13. The van der Waals surface area contributed by atoms with Crippen LogP contribution in [0.2, 0.25) is 0 Å². The van der Waals surface area contributed by atoms with Gasteiger partial charge in [0.15, 0.2) is 12.6 Å². The number of primary amides is 2. The molecular weight excluding hydrogens is 1020 g/mol. The first kappa shape index (κ1) is 56.8. The number of carbonyl (C=O) groups excluding carboxylic acids is 2. The maximum absolute atomic E-state index is 12.0. The first-order chi connectivity index (χ1) is 37.2. The van der Waals surface area contributed by atoms with E-state index in [0.717, 1.165) is 85.6 Å². The van der Waals surface area contributed by atoms with Crippen molar-refractivity contribution in [3.63, 3.8) is 0 Å². The summed E-state index contributed by atoms with van der Waals surface area (Å²) in [4.78, 5) is 32.8. The third kappa shape index (κ3) is 13.7. The van der Waals surface area contributed by atoms with E-state index in [4.69, 9.17) is 41.0 Å². The number of aliphatic hydroxyl groups is 7. The molecule has 2 saturated heterocycles. The van der Waals surface area contributed by atoms with Crippen LogP contribution in [0.15, 0.2) is 114 Å². The number of allylic oxidation sites excluding steroid dienone is 1. The molecule has 2 aliphatic heterocycles. The number of fused-ring (bicyclic) bond motifs is 4. The molecule has 8 aromatic rings. The van der Waals surface area contributed by atoms with Gasteiger partial charge in [0.2, 0.25) is 0 Å². The fourth-order valence-corrected chi connectivity index (χ4v) is 11.4. The summed E-state index contributed by atoms with van der Waals surface area (Å²) in [5, 5.41) is 69.3.